The van der Waals surface area contributed by atoms with E-state index in [1.165, 1.54) is 0 Å². The third-order valence-electron chi connectivity index (χ3n) is 2.66. The van der Waals surface area contributed by atoms with Gasteiger partial charge in [0.05, 0.1) is 17.3 Å². The van der Waals surface area contributed by atoms with Crippen molar-refractivity contribution in [3.63, 3.8) is 0 Å². The SMILES string of the molecule is COC1(C)CCN(c2nsnc2Cl)C1. The van der Waals surface area contributed by atoms with Gasteiger partial charge in [-0.25, -0.2) is 0 Å². The lowest BCUT2D eigenvalue weighted by molar-refractivity contribution is 0.0256. The Morgan fingerprint density at radius 1 is 1.57 bits per heavy atom. The van der Waals surface area contributed by atoms with Crippen molar-refractivity contribution >= 4 is 29.1 Å². The van der Waals surface area contributed by atoms with Crippen LogP contribution in [-0.2, 0) is 4.74 Å². The molecule has 0 amide bonds. The summed E-state index contributed by atoms with van der Waals surface area (Å²) in [6, 6.07) is 0. The van der Waals surface area contributed by atoms with Crippen molar-refractivity contribution in [3.8, 4) is 0 Å². The Bertz CT molecular complexity index is 332. The van der Waals surface area contributed by atoms with Gasteiger partial charge in [0.15, 0.2) is 11.0 Å². The summed E-state index contributed by atoms with van der Waals surface area (Å²) in [7, 11) is 1.74. The minimum absolute atomic E-state index is 0.0764. The Hall–Kier alpha value is -0.390. The van der Waals surface area contributed by atoms with E-state index in [1.807, 2.05) is 0 Å². The molecule has 1 atom stereocenters. The molecule has 1 saturated heterocycles. The maximum absolute atomic E-state index is 5.91. The van der Waals surface area contributed by atoms with Crippen molar-refractivity contribution in [3.05, 3.63) is 5.15 Å². The summed E-state index contributed by atoms with van der Waals surface area (Å²) in [4.78, 5) is 2.12. The van der Waals surface area contributed by atoms with Crippen molar-refractivity contribution in [2.75, 3.05) is 25.1 Å². The van der Waals surface area contributed by atoms with Gasteiger partial charge in [0, 0.05) is 20.2 Å². The smallest absolute Gasteiger partial charge is 0.187 e. The molecule has 6 heteroatoms. The summed E-state index contributed by atoms with van der Waals surface area (Å²) in [5.41, 5.74) is -0.0764. The number of methoxy groups -OCH3 is 1. The summed E-state index contributed by atoms with van der Waals surface area (Å²) in [6.07, 6.45) is 0.997. The lowest BCUT2D eigenvalue weighted by atomic mass is 10.1. The van der Waals surface area contributed by atoms with Gasteiger partial charge in [0.2, 0.25) is 0 Å². The van der Waals surface area contributed by atoms with E-state index in [1.54, 1.807) is 7.11 Å². The summed E-state index contributed by atoms with van der Waals surface area (Å²) in [5.74, 6) is 0.789. The highest BCUT2D eigenvalue weighted by molar-refractivity contribution is 6.99. The summed E-state index contributed by atoms with van der Waals surface area (Å²) in [5, 5.41) is 0.496. The van der Waals surface area contributed by atoms with Crippen LogP contribution in [0.2, 0.25) is 5.15 Å². The molecule has 1 fully saturated rings. The minimum atomic E-state index is -0.0764. The molecule has 0 radical (unpaired) electrons. The Morgan fingerprint density at radius 3 is 2.86 bits per heavy atom. The number of anilines is 1. The predicted octanol–water partition coefficient (Wildman–Crippen LogP) is 1.81. The first-order chi connectivity index (χ1) is 6.64. The number of ether oxygens (including phenoxy) is 1. The van der Waals surface area contributed by atoms with Gasteiger partial charge >= 0.3 is 0 Å². The zero-order chi connectivity index (χ0) is 10.2. The Kier molecular flexibility index (Phi) is 2.64. The van der Waals surface area contributed by atoms with Crippen LogP contribution in [0.15, 0.2) is 0 Å². The van der Waals surface area contributed by atoms with Crippen molar-refractivity contribution in [2.24, 2.45) is 0 Å². The molecule has 1 unspecified atom stereocenters. The molecule has 1 aromatic heterocycles. The number of rotatable bonds is 2. The summed E-state index contributed by atoms with van der Waals surface area (Å²) >= 11 is 7.06. The van der Waals surface area contributed by atoms with Gasteiger partial charge in [0.1, 0.15) is 0 Å². The maximum Gasteiger partial charge on any atom is 0.187 e. The Labute approximate surface area is 92.2 Å². The molecular weight excluding hydrogens is 222 g/mol. The highest BCUT2D eigenvalue weighted by Gasteiger charge is 2.35. The van der Waals surface area contributed by atoms with Crippen LogP contribution in [0.3, 0.4) is 0 Å². The van der Waals surface area contributed by atoms with Crippen LogP contribution in [0.1, 0.15) is 13.3 Å². The largest absolute Gasteiger partial charge is 0.377 e. The number of aromatic nitrogens is 2. The fourth-order valence-electron chi connectivity index (χ4n) is 1.64. The molecular formula is C8H12ClN3OS. The molecule has 1 aliphatic rings. The van der Waals surface area contributed by atoms with Crippen molar-refractivity contribution in [1.82, 2.24) is 8.75 Å². The van der Waals surface area contributed by atoms with Gasteiger partial charge < -0.3 is 9.64 Å². The van der Waals surface area contributed by atoms with E-state index in [0.717, 1.165) is 37.1 Å². The van der Waals surface area contributed by atoms with Crippen molar-refractivity contribution in [2.45, 2.75) is 18.9 Å². The van der Waals surface area contributed by atoms with E-state index in [9.17, 15) is 0 Å². The normalized spacial score (nSPS) is 27.2. The van der Waals surface area contributed by atoms with Gasteiger partial charge in [-0.2, -0.15) is 8.75 Å². The van der Waals surface area contributed by atoms with E-state index in [-0.39, 0.29) is 5.60 Å². The molecule has 0 saturated carbocycles. The van der Waals surface area contributed by atoms with E-state index in [4.69, 9.17) is 16.3 Å². The molecule has 4 nitrogen and oxygen atoms in total. The molecule has 0 aromatic carbocycles. The average Bonchev–Trinajstić information content (AvgIpc) is 2.73. The van der Waals surface area contributed by atoms with E-state index in [0.29, 0.717) is 5.15 Å². The second-order valence-corrected chi connectivity index (χ2v) is 4.59. The zero-order valence-corrected chi connectivity index (χ0v) is 9.73. The molecule has 78 valence electrons. The molecule has 14 heavy (non-hydrogen) atoms. The molecule has 1 aliphatic heterocycles. The first-order valence-electron chi connectivity index (χ1n) is 4.43. The molecule has 0 aliphatic carbocycles. The first kappa shape index (κ1) is 10.1. The maximum atomic E-state index is 5.91. The third kappa shape index (κ3) is 1.71. The quantitative estimate of drug-likeness (QED) is 0.781. The lowest BCUT2D eigenvalue weighted by Crippen LogP contribution is -2.32. The van der Waals surface area contributed by atoms with Crippen LogP contribution < -0.4 is 4.90 Å². The number of halogens is 1. The molecule has 2 rings (SSSR count). The standard InChI is InChI=1S/C8H12ClN3OS/c1-8(13-2)3-4-12(5-8)7-6(9)10-14-11-7/h3-5H2,1-2H3. The van der Waals surface area contributed by atoms with Crippen molar-refractivity contribution in [1.29, 1.82) is 0 Å². The van der Waals surface area contributed by atoms with Crippen LogP contribution in [0.5, 0.6) is 0 Å². The number of hydrogen-bond acceptors (Lipinski definition) is 5. The van der Waals surface area contributed by atoms with E-state index in [2.05, 4.69) is 20.6 Å². The highest BCUT2D eigenvalue weighted by atomic mass is 35.5. The average molecular weight is 234 g/mol. The summed E-state index contributed by atoms with van der Waals surface area (Å²) in [6.45, 7) is 3.85. The predicted molar refractivity (Wildman–Crippen MR) is 57.2 cm³/mol. The lowest BCUT2D eigenvalue weighted by Gasteiger charge is -2.22. The van der Waals surface area contributed by atoms with Gasteiger partial charge in [-0.3, -0.25) is 0 Å². The monoisotopic (exact) mass is 233 g/mol. The van der Waals surface area contributed by atoms with Crippen LogP contribution in [0.25, 0.3) is 0 Å². The second-order valence-electron chi connectivity index (χ2n) is 3.70. The number of nitrogens with zero attached hydrogens (tertiary/aromatic N) is 3. The molecule has 1 aromatic rings. The Balaban J connectivity index is 2.13. The molecule has 0 spiro atoms. The molecule has 0 bridgehead atoms. The van der Waals surface area contributed by atoms with Gasteiger partial charge in [-0.15, -0.1) is 0 Å². The second kappa shape index (κ2) is 3.64. The van der Waals surface area contributed by atoms with Gasteiger partial charge in [0.25, 0.3) is 0 Å². The molecule has 2 heterocycles. The topological polar surface area (TPSA) is 38.2 Å². The third-order valence-corrected chi connectivity index (χ3v) is 3.53. The van der Waals surface area contributed by atoms with Crippen LogP contribution in [-0.4, -0.2) is 34.5 Å². The van der Waals surface area contributed by atoms with Crippen molar-refractivity contribution < 1.29 is 4.74 Å². The molecule has 0 N–H and O–H groups in total. The zero-order valence-electron chi connectivity index (χ0n) is 8.16. The summed E-state index contributed by atoms with van der Waals surface area (Å²) < 4.78 is 13.6. The van der Waals surface area contributed by atoms with E-state index >= 15 is 0 Å². The minimum Gasteiger partial charge on any atom is -0.377 e. The van der Waals surface area contributed by atoms with Gasteiger partial charge in [-0.1, -0.05) is 11.6 Å². The van der Waals surface area contributed by atoms with E-state index < -0.39 is 0 Å². The van der Waals surface area contributed by atoms with Crippen LogP contribution in [0, 0.1) is 0 Å². The number of hydrogen-bond donors (Lipinski definition) is 0. The fourth-order valence-corrected chi connectivity index (χ4v) is 2.42. The Morgan fingerprint density at radius 2 is 2.36 bits per heavy atom. The fraction of sp³-hybridized carbons (Fsp3) is 0.750. The first-order valence-corrected chi connectivity index (χ1v) is 5.54. The van der Waals surface area contributed by atoms with Crippen LogP contribution in [0.4, 0.5) is 5.82 Å². The van der Waals surface area contributed by atoms with Crippen LogP contribution >= 0.6 is 23.3 Å². The highest BCUT2D eigenvalue weighted by Crippen LogP contribution is 2.31. The van der Waals surface area contributed by atoms with Gasteiger partial charge in [-0.05, 0) is 13.3 Å².